The molecule has 0 N–H and O–H groups in total. The summed E-state index contributed by atoms with van der Waals surface area (Å²) < 4.78 is 81.8. The van der Waals surface area contributed by atoms with Gasteiger partial charge in [-0.1, -0.05) is 19.1 Å². The van der Waals surface area contributed by atoms with Crippen molar-refractivity contribution in [2.75, 3.05) is 6.54 Å². The van der Waals surface area contributed by atoms with Gasteiger partial charge < -0.3 is 0 Å². The smallest absolute Gasteiger partial charge is 0.234 e. The molecular weight excluding hydrogens is 388 g/mol. The summed E-state index contributed by atoms with van der Waals surface area (Å²) >= 11 is 0. The molecule has 1 atom stereocenters. The number of fused-ring (bicyclic) bond motifs is 1. The number of aromatic nitrogens is 3. The van der Waals surface area contributed by atoms with Crippen LogP contribution in [0.1, 0.15) is 18.5 Å². The second-order valence-electron chi connectivity index (χ2n) is 5.59. The van der Waals surface area contributed by atoms with Crippen molar-refractivity contribution in [3.8, 4) is 0 Å². The van der Waals surface area contributed by atoms with E-state index >= 15 is 0 Å². The summed E-state index contributed by atoms with van der Waals surface area (Å²) in [5, 5.41) is 3.36. The Balaban J connectivity index is 2.16. The maximum atomic E-state index is 13.8. The Morgan fingerprint density at radius 3 is 2.44 bits per heavy atom. The average molecular weight is 402 g/mol. The van der Waals surface area contributed by atoms with Crippen LogP contribution < -0.4 is 0 Å². The molecule has 3 aromatic rings. The molecule has 0 unspecified atom stereocenters. The minimum absolute atomic E-state index is 0.178. The zero-order valence-electron chi connectivity index (χ0n) is 13.9. The summed E-state index contributed by atoms with van der Waals surface area (Å²) in [7, 11) is -4.62. The lowest BCUT2D eigenvalue weighted by atomic mass is 10.1. The highest BCUT2D eigenvalue weighted by Crippen LogP contribution is 2.40. The van der Waals surface area contributed by atoms with Crippen LogP contribution in [0.15, 0.2) is 53.8 Å². The zero-order valence-corrected chi connectivity index (χ0v) is 14.7. The number of hydrogen-bond donors (Lipinski definition) is 0. The van der Waals surface area contributed by atoms with Crippen molar-refractivity contribution in [1.29, 1.82) is 0 Å². The molecule has 0 radical (unpaired) electrons. The number of nitrogens with zero attached hydrogens (tertiary/aromatic N) is 4. The topological polar surface area (TPSA) is 67.6 Å². The van der Waals surface area contributed by atoms with Crippen molar-refractivity contribution < 1.29 is 26.0 Å². The Morgan fingerprint density at radius 2 is 1.85 bits per heavy atom. The van der Waals surface area contributed by atoms with E-state index in [0.29, 0.717) is 4.31 Å². The second kappa shape index (κ2) is 6.89. The van der Waals surface area contributed by atoms with Crippen LogP contribution in [0, 0.1) is 5.82 Å². The molecule has 0 aliphatic carbocycles. The number of rotatable bonds is 5. The van der Waals surface area contributed by atoms with Gasteiger partial charge in [-0.25, -0.2) is 22.3 Å². The van der Waals surface area contributed by atoms with E-state index in [9.17, 15) is 26.0 Å². The van der Waals surface area contributed by atoms with Gasteiger partial charge in [-0.05, 0) is 29.8 Å². The largest absolute Gasteiger partial charge is 0.409 e. The number of halogens is 4. The van der Waals surface area contributed by atoms with Crippen LogP contribution in [0.3, 0.4) is 0 Å². The van der Waals surface area contributed by atoms with Gasteiger partial charge in [-0.2, -0.15) is 22.6 Å². The number of sulfonamides is 1. The monoisotopic (exact) mass is 402 g/mol. The molecular formula is C16H14F4N4O2S. The van der Waals surface area contributed by atoms with E-state index < -0.39 is 45.2 Å². The van der Waals surface area contributed by atoms with Crippen LogP contribution >= 0.6 is 0 Å². The maximum absolute atomic E-state index is 13.8. The fraction of sp³-hybridized carbons (Fsp3) is 0.250. The Kier molecular flexibility index (Phi) is 4.91. The fourth-order valence-electron chi connectivity index (χ4n) is 2.76. The molecule has 0 spiro atoms. The number of imidazole rings is 1. The van der Waals surface area contributed by atoms with Crippen LogP contribution in [-0.2, 0) is 10.0 Å². The van der Waals surface area contributed by atoms with Gasteiger partial charge in [0.05, 0.1) is 6.20 Å². The molecule has 11 heteroatoms. The van der Waals surface area contributed by atoms with E-state index in [2.05, 4.69) is 10.1 Å². The Morgan fingerprint density at radius 1 is 1.19 bits per heavy atom. The molecule has 3 rings (SSSR count). The minimum atomic E-state index is -4.92. The van der Waals surface area contributed by atoms with Crippen molar-refractivity contribution in [3.63, 3.8) is 0 Å². The van der Waals surface area contributed by atoms with Crippen molar-refractivity contribution >= 4 is 15.7 Å². The lowest BCUT2D eigenvalue weighted by Crippen LogP contribution is -2.42. The standard InChI is InChI=1S/C16H14F4N4O2S/c1-2-23(15(16(18,19)20)11-5-7-12(17)8-6-11)27(25,26)14-10-21-13-4-3-9-22-24(13)14/h3-10,15H,2H2,1H3/t15-/m1/s1. The first-order valence-corrected chi connectivity index (χ1v) is 9.23. The van der Waals surface area contributed by atoms with Crippen molar-refractivity contribution in [2.24, 2.45) is 0 Å². The third-order valence-corrected chi connectivity index (χ3v) is 5.81. The number of hydrogen-bond acceptors (Lipinski definition) is 4. The number of benzene rings is 1. The summed E-state index contributed by atoms with van der Waals surface area (Å²) in [4.78, 5) is 3.87. The Labute approximate surface area is 152 Å². The maximum Gasteiger partial charge on any atom is 0.409 e. The van der Waals surface area contributed by atoms with Crippen molar-refractivity contribution in [2.45, 2.75) is 24.2 Å². The SMILES string of the molecule is CCN([C@H](c1ccc(F)cc1)C(F)(F)F)S(=O)(=O)c1cnc2cccnn12. The van der Waals surface area contributed by atoms with Crippen LogP contribution in [0.2, 0.25) is 0 Å². The molecule has 144 valence electrons. The van der Waals surface area contributed by atoms with E-state index in [1.54, 1.807) is 0 Å². The Hall–Kier alpha value is -2.53. The summed E-state index contributed by atoms with van der Waals surface area (Å²) in [6.07, 6.45) is -2.67. The normalized spacial score (nSPS) is 14.0. The molecule has 2 aromatic heterocycles. The van der Waals surface area contributed by atoms with Crippen LogP contribution in [0.25, 0.3) is 5.65 Å². The van der Waals surface area contributed by atoms with E-state index in [1.807, 2.05) is 0 Å². The predicted molar refractivity (Wildman–Crippen MR) is 87.7 cm³/mol. The molecule has 0 saturated carbocycles. The van der Waals surface area contributed by atoms with Crippen LogP contribution in [-0.4, -0.2) is 40.0 Å². The molecule has 27 heavy (non-hydrogen) atoms. The molecule has 0 saturated heterocycles. The molecule has 0 aliphatic rings. The van der Waals surface area contributed by atoms with E-state index in [1.165, 1.54) is 25.3 Å². The highest BCUT2D eigenvalue weighted by Gasteiger charge is 2.49. The lowest BCUT2D eigenvalue weighted by Gasteiger charge is -2.31. The molecule has 0 fully saturated rings. The third kappa shape index (κ3) is 3.52. The summed E-state index contributed by atoms with van der Waals surface area (Å²) in [5.74, 6) is -0.725. The lowest BCUT2D eigenvalue weighted by molar-refractivity contribution is -0.173. The molecule has 1 aromatic carbocycles. The summed E-state index contributed by atoms with van der Waals surface area (Å²) in [6, 6.07) is 4.05. The highest BCUT2D eigenvalue weighted by atomic mass is 32.2. The van der Waals surface area contributed by atoms with E-state index in [-0.39, 0.29) is 5.65 Å². The molecule has 0 bridgehead atoms. The molecule has 2 heterocycles. The zero-order chi connectivity index (χ0) is 19.8. The first-order valence-electron chi connectivity index (χ1n) is 7.79. The fourth-order valence-corrected chi connectivity index (χ4v) is 4.40. The van der Waals surface area contributed by atoms with Crippen molar-refractivity contribution in [3.05, 3.63) is 60.2 Å². The van der Waals surface area contributed by atoms with Gasteiger partial charge in [0, 0.05) is 12.7 Å². The van der Waals surface area contributed by atoms with Gasteiger partial charge in [0.2, 0.25) is 0 Å². The molecule has 0 amide bonds. The Bertz CT molecular complexity index is 1050. The third-order valence-electron chi connectivity index (χ3n) is 3.91. The van der Waals surface area contributed by atoms with Gasteiger partial charge in [-0.15, -0.1) is 0 Å². The van der Waals surface area contributed by atoms with Gasteiger partial charge in [0.25, 0.3) is 10.0 Å². The van der Waals surface area contributed by atoms with Crippen LogP contribution in [0.5, 0.6) is 0 Å². The van der Waals surface area contributed by atoms with Crippen molar-refractivity contribution in [1.82, 2.24) is 18.9 Å². The first-order chi connectivity index (χ1) is 12.7. The second-order valence-corrected chi connectivity index (χ2v) is 7.43. The molecule has 0 aliphatic heterocycles. The van der Waals surface area contributed by atoms with Gasteiger partial charge in [-0.3, -0.25) is 0 Å². The highest BCUT2D eigenvalue weighted by molar-refractivity contribution is 7.89. The van der Waals surface area contributed by atoms with E-state index in [0.717, 1.165) is 35.0 Å². The number of alkyl halides is 3. The predicted octanol–water partition coefficient (Wildman–Crippen LogP) is 3.18. The van der Waals surface area contributed by atoms with Gasteiger partial charge in [0.15, 0.2) is 10.7 Å². The average Bonchev–Trinajstić information content (AvgIpc) is 3.04. The molecule has 6 nitrogen and oxygen atoms in total. The van der Waals surface area contributed by atoms with Crippen LogP contribution in [0.4, 0.5) is 17.6 Å². The summed E-state index contributed by atoms with van der Waals surface area (Å²) in [5.41, 5.74) is -0.214. The van der Waals surface area contributed by atoms with E-state index in [4.69, 9.17) is 0 Å². The van der Waals surface area contributed by atoms with Gasteiger partial charge >= 0.3 is 6.18 Å². The summed E-state index contributed by atoms with van der Waals surface area (Å²) in [6.45, 7) is 0.820. The first kappa shape index (κ1) is 19.2. The van der Waals surface area contributed by atoms with Gasteiger partial charge in [0.1, 0.15) is 11.9 Å². The minimum Gasteiger partial charge on any atom is -0.234 e. The quantitative estimate of drug-likeness (QED) is 0.615.